The lowest BCUT2D eigenvalue weighted by Crippen LogP contribution is -1.97. The van der Waals surface area contributed by atoms with Crippen molar-refractivity contribution in [1.29, 1.82) is 0 Å². The van der Waals surface area contributed by atoms with Crippen molar-refractivity contribution in [1.82, 2.24) is 0 Å². The van der Waals surface area contributed by atoms with Crippen molar-refractivity contribution < 1.29 is 0 Å². The number of thiophene rings is 17. The topological polar surface area (TPSA) is 0 Å². The summed E-state index contributed by atoms with van der Waals surface area (Å²) >= 11 is 33.3. The molecule has 6 aromatic carbocycles. The minimum absolute atomic E-state index is 1.12. The molecule has 17 aromatic heterocycles. The summed E-state index contributed by atoms with van der Waals surface area (Å²) in [7, 11) is 0. The molecule has 13 aliphatic carbocycles. The summed E-state index contributed by atoms with van der Waals surface area (Å²) < 4.78 is 15.0. The average molecular weight is 2090 g/mol. The first-order chi connectivity index (χ1) is 67.2. The van der Waals surface area contributed by atoms with Crippen molar-refractivity contribution in [2.45, 2.75) is 167 Å². The molecule has 0 atom stereocenters. The molecule has 0 nitrogen and oxygen atoms in total. The fraction of sp³-hybridized carbons (Fsp3) is 0.207. The van der Waals surface area contributed by atoms with Crippen LogP contribution < -0.4 is 0 Å². The fourth-order valence-corrected chi connectivity index (χ4v) is 46.9. The third kappa shape index (κ3) is 12.0. The van der Waals surface area contributed by atoms with Crippen LogP contribution in [-0.2, 0) is 83.5 Å². The molecule has 36 rings (SSSR count). The van der Waals surface area contributed by atoms with E-state index in [0.29, 0.717) is 0 Å². The zero-order valence-corrected chi connectivity index (χ0v) is 91.9. The molecule has 0 aliphatic heterocycles. The van der Waals surface area contributed by atoms with E-state index in [1.807, 2.05) is 193 Å². The van der Waals surface area contributed by atoms with Gasteiger partial charge in [0.2, 0.25) is 0 Å². The molecule has 0 saturated heterocycles. The molecule has 0 spiro atoms. The molecule has 0 radical (unpaired) electrons. The standard InChI is InChI=1S/C23H16S3.C22H14S4.2C20H14S3.2C18H14S2/c1-10-3-16-17-8-12-6-15-13(7-14(12)21(17)25-19(16)4-10)9-18-22(15)26-20-5-11(2)24-23(18)20;1-9-11-7-13-19-16(4-6-23-19)26-22(13)18(11)10(2)12-8-14-20-15(3-5-24-20)25-21(14)17(9)12;1-9-3-13-5-11-6-15-12(7-14(11)18(13)21-9)8-16-19(15)23-17-4-10(2)22-20(16)17;1-9-12-7-11-3-5-21-18(11)16(12)10(2)13-8-14-19-15(4-6-22-19)23-20(14)17(9)13;1-9-3-13-5-11-8-16-12(7-15(11)17(13)19-9)6-14-4-10(2)20-18(14)16;1-9-13-7-11-3-6-20-18(11)16(13)10(2)14-8-12-4-5-19-17(12)15(9)14/h4-7H,3,8-9H2,1-2H3;3-6H,7-8H2,1-2H3;3-4,6-7H,5,8H2,1-2H3;3-6H,7-8H2,1-2H3;3-4,7-8H,5-6H2,1-2H3;3-6H,7-8H2,1-2H3. The summed E-state index contributed by atoms with van der Waals surface area (Å²) in [6.45, 7) is 27.5. The first-order valence-electron chi connectivity index (χ1n) is 48.0. The molecule has 672 valence electrons. The Bertz CT molecular complexity index is 9270. The molecule has 17 heteroatoms. The lowest BCUT2D eigenvalue weighted by molar-refractivity contribution is 1.14. The molecule has 0 bridgehead atoms. The maximum Gasteiger partial charge on any atom is 0.0495 e. The molecule has 23 aromatic rings. The van der Waals surface area contributed by atoms with Crippen LogP contribution >= 0.6 is 193 Å². The SMILES string of the molecule is CC1=Cc2sc3c(c2C1)Cc1cc2c(cc1-3)Cc1c-2sc2cc(C)sc12.Cc1c2c(c(C)c3c1-c1sc4ccsc4c1C3)-c1sc3ccsc3c1C2.Cc1c2c(c(C)c3c1-c1sccc1C3)-c1sc3ccsc3c1C2.Cc1c2c(c(C)c3c1-c1sccc1C3)-c1sccc1C2.Cc1cc2c(s1)-c1cc3c(cc1C2)-c1sc(C)cc1C3.Cc1cc2c(s1)-c1cc3c(cc1C2)-c1sc2cc(C)sc2c1C3. The Hall–Kier alpha value is -8.74. The Kier molecular flexibility index (Phi) is 18.5. The minimum atomic E-state index is 1.12. The summed E-state index contributed by atoms with van der Waals surface area (Å²) in [5.74, 6) is 0. The Morgan fingerprint density at radius 2 is 0.449 bits per heavy atom. The highest BCUT2D eigenvalue weighted by molar-refractivity contribution is 7.32. The third-order valence-corrected chi connectivity index (χ3v) is 51.8. The molecule has 17 heterocycles. The molecule has 0 N–H and O–H groups in total. The van der Waals surface area contributed by atoms with Crippen LogP contribution in [0.3, 0.4) is 0 Å². The van der Waals surface area contributed by atoms with Gasteiger partial charge in [0.05, 0.1) is 0 Å². The lowest BCUT2D eigenvalue weighted by Gasteiger charge is -2.16. The molecule has 0 fully saturated rings. The van der Waals surface area contributed by atoms with Gasteiger partial charge in [-0.25, -0.2) is 0 Å². The average Bonchev–Trinajstić information content (AvgIpc) is 1.55. The Morgan fingerprint density at radius 1 is 0.174 bits per heavy atom. The van der Waals surface area contributed by atoms with E-state index in [1.54, 1.807) is 152 Å². The quantitative estimate of drug-likeness (QED) is 0.142. The Balaban J connectivity index is 0.0000000769. The summed E-state index contributed by atoms with van der Waals surface area (Å²) in [5.41, 5.74) is 68.4. The zero-order chi connectivity index (χ0) is 91.8. The monoisotopic (exact) mass is 2080 g/mol. The maximum atomic E-state index is 2.53. The highest BCUT2D eigenvalue weighted by Gasteiger charge is 2.41. The van der Waals surface area contributed by atoms with Crippen molar-refractivity contribution >= 4 is 246 Å². The van der Waals surface area contributed by atoms with Crippen LogP contribution in [0.2, 0.25) is 0 Å². The number of aryl methyl sites for hydroxylation is 5. The zero-order valence-electron chi connectivity index (χ0n) is 78.0. The van der Waals surface area contributed by atoms with Gasteiger partial charge in [0, 0.05) is 167 Å². The second-order valence-corrected chi connectivity index (χ2v) is 58.5. The Morgan fingerprint density at radius 3 is 0.804 bits per heavy atom. The van der Waals surface area contributed by atoms with Gasteiger partial charge in [-0.2, -0.15) is 0 Å². The second kappa shape index (κ2) is 30.4. The highest BCUT2D eigenvalue weighted by Crippen LogP contribution is 2.64. The van der Waals surface area contributed by atoms with Gasteiger partial charge in [-0.05, 0) is 515 Å². The maximum absolute atomic E-state index is 2.53. The van der Waals surface area contributed by atoms with Crippen LogP contribution in [0.15, 0.2) is 141 Å². The molecule has 138 heavy (non-hydrogen) atoms. The van der Waals surface area contributed by atoms with Gasteiger partial charge in [0.25, 0.3) is 0 Å². The van der Waals surface area contributed by atoms with Crippen LogP contribution in [0, 0.1) is 76.2 Å². The number of fused-ring (bicyclic) bond motifs is 48. The first kappa shape index (κ1) is 83.8. The van der Waals surface area contributed by atoms with Crippen LogP contribution in [0.1, 0.15) is 209 Å². The van der Waals surface area contributed by atoms with Crippen LogP contribution in [0.4, 0.5) is 0 Å². The first-order valence-corrected chi connectivity index (χ1v) is 62.2. The van der Waals surface area contributed by atoms with E-state index in [9.17, 15) is 0 Å². The summed E-state index contributed by atoms with van der Waals surface area (Å²) in [6.07, 6.45) is 17.1. The minimum Gasteiger partial charge on any atom is -0.144 e. The van der Waals surface area contributed by atoms with Crippen LogP contribution in [-0.4, -0.2) is 0 Å². The van der Waals surface area contributed by atoms with Gasteiger partial charge in [-0.1, -0.05) is 5.57 Å². The molecular weight excluding hydrogens is 2000 g/mol. The van der Waals surface area contributed by atoms with E-state index in [2.05, 4.69) is 225 Å². The van der Waals surface area contributed by atoms with E-state index in [4.69, 9.17) is 0 Å². The molecule has 0 amide bonds. The molecule has 0 unspecified atom stereocenters. The van der Waals surface area contributed by atoms with E-state index in [1.165, 1.54) is 234 Å². The summed E-state index contributed by atoms with van der Waals surface area (Å²) in [5, 5.41) is 13.5. The van der Waals surface area contributed by atoms with Crippen molar-refractivity contribution in [3.05, 3.63) is 343 Å². The van der Waals surface area contributed by atoms with Crippen molar-refractivity contribution in [3.63, 3.8) is 0 Å². The van der Waals surface area contributed by atoms with Crippen LogP contribution in [0.25, 0.3) is 178 Å². The van der Waals surface area contributed by atoms with Crippen molar-refractivity contribution in [3.8, 4) is 125 Å². The number of rotatable bonds is 0. The molecule has 0 saturated carbocycles. The van der Waals surface area contributed by atoms with E-state index in [0.717, 1.165) is 77.0 Å². The molecular formula is C121H86S17. The van der Waals surface area contributed by atoms with Gasteiger partial charge < -0.3 is 0 Å². The number of allylic oxidation sites excluding steroid dienone is 1. The van der Waals surface area contributed by atoms with Gasteiger partial charge in [-0.15, -0.1) is 193 Å². The summed E-state index contributed by atoms with van der Waals surface area (Å²) in [4.78, 5) is 27.2. The summed E-state index contributed by atoms with van der Waals surface area (Å²) in [6, 6.07) is 40.6. The van der Waals surface area contributed by atoms with E-state index in [-0.39, 0.29) is 0 Å². The predicted octanol–water partition coefficient (Wildman–Crippen LogP) is 40.1. The second-order valence-electron chi connectivity index (χ2n) is 40.4. The third-order valence-electron chi connectivity index (χ3n) is 32.3. The van der Waals surface area contributed by atoms with Gasteiger partial charge in [0.15, 0.2) is 0 Å². The smallest absolute Gasteiger partial charge is 0.0495 e. The van der Waals surface area contributed by atoms with Crippen LogP contribution in [0.5, 0.6) is 0 Å². The Labute approximate surface area is 870 Å². The van der Waals surface area contributed by atoms with E-state index >= 15 is 0 Å². The number of hydrogen-bond donors (Lipinski definition) is 0. The largest absolute Gasteiger partial charge is 0.144 e. The lowest BCUT2D eigenvalue weighted by atomic mass is 9.90. The van der Waals surface area contributed by atoms with Gasteiger partial charge >= 0.3 is 0 Å². The predicted molar refractivity (Wildman–Crippen MR) is 618 cm³/mol. The number of benzene rings is 6. The fourth-order valence-electron chi connectivity index (χ4n) is 26.3. The van der Waals surface area contributed by atoms with Gasteiger partial charge in [0.1, 0.15) is 0 Å². The normalized spacial score (nSPS) is 14.5. The highest BCUT2D eigenvalue weighted by atomic mass is 32.2. The van der Waals surface area contributed by atoms with E-state index < -0.39 is 0 Å². The molecule has 13 aliphatic rings. The number of hydrogen-bond acceptors (Lipinski definition) is 17. The van der Waals surface area contributed by atoms with Crippen molar-refractivity contribution in [2.75, 3.05) is 0 Å². The van der Waals surface area contributed by atoms with Crippen molar-refractivity contribution in [2.24, 2.45) is 0 Å². The van der Waals surface area contributed by atoms with Gasteiger partial charge in [-0.3, -0.25) is 0 Å².